The first-order valence-electron chi connectivity index (χ1n) is 5.69. The van der Waals surface area contributed by atoms with Crippen LogP contribution in [0.1, 0.15) is 24.0 Å². The van der Waals surface area contributed by atoms with Crippen molar-refractivity contribution in [3.05, 3.63) is 41.7 Å². The quantitative estimate of drug-likeness (QED) is 0.774. The van der Waals surface area contributed by atoms with Gasteiger partial charge in [-0.15, -0.1) is 0 Å². The summed E-state index contributed by atoms with van der Waals surface area (Å²) in [7, 11) is 0. The zero-order chi connectivity index (χ0) is 11.5. The van der Waals surface area contributed by atoms with Crippen LogP contribution in [0.3, 0.4) is 0 Å². The Labute approximate surface area is 96.9 Å². The maximum absolute atomic E-state index is 5.73. The normalized spacial score (nSPS) is 19.6. The average Bonchev–Trinajstić information content (AvgIpc) is 2.60. The van der Waals surface area contributed by atoms with Crippen LogP contribution < -0.4 is 4.74 Å². The van der Waals surface area contributed by atoms with E-state index in [2.05, 4.69) is 38.6 Å². The lowest BCUT2D eigenvalue weighted by atomic mass is 10.1. The van der Waals surface area contributed by atoms with Gasteiger partial charge in [0.2, 0.25) is 0 Å². The van der Waals surface area contributed by atoms with Crippen LogP contribution in [0.2, 0.25) is 0 Å². The van der Waals surface area contributed by atoms with Crippen molar-refractivity contribution in [2.45, 2.75) is 32.8 Å². The SMILES string of the molecule is C=C1CCC(COc2cc(C)cc(C)c2)O1. The molecule has 1 saturated heterocycles. The molecule has 1 fully saturated rings. The molecule has 1 unspecified atom stereocenters. The monoisotopic (exact) mass is 218 g/mol. The van der Waals surface area contributed by atoms with E-state index in [9.17, 15) is 0 Å². The molecule has 0 aliphatic carbocycles. The Kier molecular flexibility index (Phi) is 3.18. The highest BCUT2D eigenvalue weighted by molar-refractivity contribution is 5.33. The first kappa shape index (κ1) is 11.1. The number of hydrogen-bond donors (Lipinski definition) is 0. The lowest BCUT2D eigenvalue weighted by Crippen LogP contribution is -2.16. The first-order valence-corrected chi connectivity index (χ1v) is 5.69. The molecule has 1 aromatic rings. The molecule has 0 aromatic heterocycles. The third-order valence-corrected chi connectivity index (χ3v) is 2.71. The van der Waals surface area contributed by atoms with E-state index in [0.717, 1.165) is 24.4 Å². The van der Waals surface area contributed by atoms with Gasteiger partial charge in [0.05, 0.1) is 5.76 Å². The van der Waals surface area contributed by atoms with E-state index in [4.69, 9.17) is 9.47 Å². The van der Waals surface area contributed by atoms with Crippen LogP contribution in [-0.2, 0) is 4.74 Å². The van der Waals surface area contributed by atoms with Gasteiger partial charge in [-0.05, 0) is 43.5 Å². The van der Waals surface area contributed by atoms with Crippen LogP contribution in [-0.4, -0.2) is 12.7 Å². The molecular weight excluding hydrogens is 200 g/mol. The molecule has 0 spiro atoms. The molecule has 0 saturated carbocycles. The van der Waals surface area contributed by atoms with Crippen molar-refractivity contribution < 1.29 is 9.47 Å². The largest absolute Gasteiger partial charge is 0.492 e. The fraction of sp³-hybridized carbons (Fsp3) is 0.429. The molecule has 1 aliphatic heterocycles. The zero-order valence-corrected chi connectivity index (χ0v) is 9.95. The predicted molar refractivity (Wildman–Crippen MR) is 64.7 cm³/mol. The number of hydrogen-bond acceptors (Lipinski definition) is 2. The topological polar surface area (TPSA) is 18.5 Å². The third-order valence-electron chi connectivity index (χ3n) is 2.71. The minimum Gasteiger partial charge on any atom is -0.492 e. The predicted octanol–water partition coefficient (Wildman–Crippen LogP) is 3.37. The van der Waals surface area contributed by atoms with Gasteiger partial charge in [-0.25, -0.2) is 0 Å². The van der Waals surface area contributed by atoms with Crippen molar-refractivity contribution in [2.75, 3.05) is 6.61 Å². The number of allylic oxidation sites excluding steroid dienone is 1. The van der Waals surface area contributed by atoms with Gasteiger partial charge in [0, 0.05) is 6.42 Å². The van der Waals surface area contributed by atoms with E-state index in [1.807, 2.05) is 0 Å². The number of rotatable bonds is 3. The molecule has 86 valence electrons. The molecule has 1 aliphatic rings. The molecular formula is C14H18O2. The van der Waals surface area contributed by atoms with Crippen molar-refractivity contribution in [3.63, 3.8) is 0 Å². The Balaban J connectivity index is 1.91. The second-order valence-corrected chi connectivity index (χ2v) is 4.45. The van der Waals surface area contributed by atoms with Gasteiger partial charge >= 0.3 is 0 Å². The van der Waals surface area contributed by atoms with Crippen LogP contribution in [0.15, 0.2) is 30.5 Å². The van der Waals surface area contributed by atoms with Crippen molar-refractivity contribution in [1.82, 2.24) is 0 Å². The van der Waals surface area contributed by atoms with E-state index in [0.29, 0.717) is 6.61 Å². The van der Waals surface area contributed by atoms with Gasteiger partial charge in [0.15, 0.2) is 0 Å². The van der Waals surface area contributed by atoms with Crippen molar-refractivity contribution >= 4 is 0 Å². The summed E-state index contributed by atoms with van der Waals surface area (Å²) in [4.78, 5) is 0. The minimum absolute atomic E-state index is 0.174. The highest BCUT2D eigenvalue weighted by Crippen LogP contribution is 2.23. The number of aryl methyl sites for hydroxylation is 2. The van der Waals surface area contributed by atoms with Crippen LogP contribution in [0.25, 0.3) is 0 Å². The Morgan fingerprint density at radius 2 is 2.00 bits per heavy atom. The maximum Gasteiger partial charge on any atom is 0.132 e. The summed E-state index contributed by atoms with van der Waals surface area (Å²) in [6.07, 6.45) is 2.15. The van der Waals surface area contributed by atoms with E-state index >= 15 is 0 Å². The molecule has 0 bridgehead atoms. The Bertz CT molecular complexity index is 375. The van der Waals surface area contributed by atoms with E-state index in [-0.39, 0.29) is 6.10 Å². The van der Waals surface area contributed by atoms with Crippen LogP contribution >= 0.6 is 0 Å². The highest BCUT2D eigenvalue weighted by atomic mass is 16.5. The molecule has 0 radical (unpaired) electrons. The van der Waals surface area contributed by atoms with Crippen LogP contribution in [0.5, 0.6) is 5.75 Å². The summed E-state index contributed by atoms with van der Waals surface area (Å²) in [6, 6.07) is 6.24. The lowest BCUT2D eigenvalue weighted by molar-refractivity contribution is 0.103. The van der Waals surface area contributed by atoms with Crippen molar-refractivity contribution in [3.8, 4) is 5.75 Å². The maximum atomic E-state index is 5.73. The molecule has 2 nitrogen and oxygen atoms in total. The van der Waals surface area contributed by atoms with E-state index in [1.54, 1.807) is 0 Å². The average molecular weight is 218 g/mol. The summed E-state index contributed by atoms with van der Waals surface area (Å²) in [5.41, 5.74) is 2.46. The molecule has 1 atom stereocenters. The van der Waals surface area contributed by atoms with E-state index < -0.39 is 0 Å². The summed E-state index contributed by atoms with van der Waals surface area (Å²) < 4.78 is 11.3. The molecule has 1 heterocycles. The van der Waals surface area contributed by atoms with Crippen LogP contribution in [0, 0.1) is 13.8 Å². The second-order valence-electron chi connectivity index (χ2n) is 4.45. The van der Waals surface area contributed by atoms with Crippen molar-refractivity contribution in [2.24, 2.45) is 0 Å². The van der Waals surface area contributed by atoms with Gasteiger partial charge in [0.1, 0.15) is 18.5 Å². The minimum atomic E-state index is 0.174. The van der Waals surface area contributed by atoms with Gasteiger partial charge < -0.3 is 9.47 Å². The van der Waals surface area contributed by atoms with Gasteiger partial charge in [-0.3, -0.25) is 0 Å². The summed E-state index contributed by atoms with van der Waals surface area (Å²) in [5, 5.41) is 0. The summed E-state index contributed by atoms with van der Waals surface area (Å²) >= 11 is 0. The molecule has 2 rings (SSSR count). The zero-order valence-electron chi connectivity index (χ0n) is 9.95. The number of benzene rings is 1. The van der Waals surface area contributed by atoms with E-state index in [1.165, 1.54) is 11.1 Å². The summed E-state index contributed by atoms with van der Waals surface area (Å²) in [6.45, 7) is 8.58. The smallest absolute Gasteiger partial charge is 0.132 e. The molecule has 0 N–H and O–H groups in total. The molecule has 0 amide bonds. The molecule has 16 heavy (non-hydrogen) atoms. The third kappa shape index (κ3) is 2.78. The van der Waals surface area contributed by atoms with Gasteiger partial charge in [-0.2, -0.15) is 0 Å². The fourth-order valence-electron chi connectivity index (χ4n) is 2.00. The first-order chi connectivity index (χ1) is 7.63. The van der Waals surface area contributed by atoms with Crippen molar-refractivity contribution in [1.29, 1.82) is 0 Å². The van der Waals surface area contributed by atoms with Gasteiger partial charge in [-0.1, -0.05) is 12.6 Å². The standard InChI is InChI=1S/C14H18O2/c1-10-6-11(2)8-14(7-10)15-9-13-5-4-12(3)16-13/h6-8,13H,3-5,9H2,1-2H3. The molecule has 2 heteroatoms. The fourth-order valence-corrected chi connectivity index (χ4v) is 2.00. The second kappa shape index (κ2) is 4.60. The Morgan fingerprint density at radius 1 is 1.31 bits per heavy atom. The van der Waals surface area contributed by atoms with Gasteiger partial charge in [0.25, 0.3) is 0 Å². The lowest BCUT2D eigenvalue weighted by Gasteiger charge is -2.13. The van der Waals surface area contributed by atoms with Crippen LogP contribution in [0.4, 0.5) is 0 Å². The Hall–Kier alpha value is -1.44. The molecule has 1 aromatic carbocycles. The highest BCUT2D eigenvalue weighted by Gasteiger charge is 2.19. The summed E-state index contributed by atoms with van der Waals surface area (Å²) in [5.74, 6) is 1.81. The number of ether oxygens (including phenoxy) is 2. The Morgan fingerprint density at radius 3 is 2.56 bits per heavy atom.